The number of amides is 2. The van der Waals surface area contributed by atoms with Crippen LogP contribution in [-0.4, -0.2) is 45.9 Å². The summed E-state index contributed by atoms with van der Waals surface area (Å²) in [6, 6.07) is -0.630. The molecule has 0 aliphatic heterocycles. The van der Waals surface area contributed by atoms with Crippen LogP contribution < -0.4 is 5.32 Å². The van der Waals surface area contributed by atoms with Crippen molar-refractivity contribution in [2.45, 2.75) is 25.1 Å². The number of hydrogen-bond acceptors (Lipinski definition) is 5. The molecule has 1 saturated carbocycles. The van der Waals surface area contributed by atoms with Gasteiger partial charge in [0.05, 0.1) is 6.10 Å². The third-order valence-corrected chi connectivity index (χ3v) is 3.74. The van der Waals surface area contributed by atoms with Crippen molar-refractivity contribution in [2.75, 3.05) is 18.9 Å². The maximum atomic E-state index is 12.3. The minimum absolute atomic E-state index is 0.126. The molecule has 1 aromatic rings. The van der Waals surface area contributed by atoms with E-state index in [0.717, 1.165) is 12.8 Å². The summed E-state index contributed by atoms with van der Waals surface area (Å²) in [5.41, 5.74) is 0. The third kappa shape index (κ3) is 3.79. The lowest BCUT2D eigenvalue weighted by Gasteiger charge is -2.20. The van der Waals surface area contributed by atoms with Gasteiger partial charge in [0.15, 0.2) is 0 Å². The highest BCUT2D eigenvalue weighted by Gasteiger charge is 2.36. The zero-order chi connectivity index (χ0) is 14.9. The molecule has 10 heteroatoms. The first kappa shape index (κ1) is 15.0. The molecule has 2 amide bonds. The average molecular weight is 310 g/mol. The SMILES string of the molecule is CN(CC(O)C1CC1)C(=O)Nc1nnc(C(F)(F)F)s1. The molecule has 2 rings (SSSR count). The molecule has 20 heavy (non-hydrogen) atoms. The van der Waals surface area contributed by atoms with Crippen LogP contribution in [0.1, 0.15) is 17.8 Å². The van der Waals surface area contributed by atoms with Crippen molar-refractivity contribution in [2.24, 2.45) is 5.92 Å². The van der Waals surface area contributed by atoms with Crippen molar-refractivity contribution in [1.29, 1.82) is 0 Å². The van der Waals surface area contributed by atoms with Crippen LogP contribution in [0, 0.1) is 5.92 Å². The molecule has 1 aromatic heterocycles. The largest absolute Gasteiger partial charge is 0.445 e. The normalized spacial score (nSPS) is 16.9. The van der Waals surface area contributed by atoms with E-state index in [1.807, 2.05) is 0 Å². The molecule has 0 aromatic carbocycles. The van der Waals surface area contributed by atoms with E-state index in [4.69, 9.17) is 0 Å². The fourth-order valence-electron chi connectivity index (χ4n) is 1.57. The molecule has 1 aliphatic rings. The molecule has 1 unspecified atom stereocenters. The van der Waals surface area contributed by atoms with Crippen LogP contribution in [0.15, 0.2) is 0 Å². The summed E-state index contributed by atoms with van der Waals surface area (Å²) >= 11 is 0.255. The highest BCUT2D eigenvalue weighted by atomic mass is 32.1. The quantitative estimate of drug-likeness (QED) is 0.889. The van der Waals surface area contributed by atoms with Crippen LogP contribution >= 0.6 is 11.3 Å². The molecule has 0 saturated heterocycles. The standard InChI is InChI=1S/C10H13F3N4O2S/c1-17(4-6(18)5-2-3-5)9(19)14-8-16-15-7(20-8)10(11,12)13/h5-6,18H,2-4H2,1H3,(H,14,16,19). The number of carbonyl (C=O) groups is 1. The van der Waals surface area contributed by atoms with Gasteiger partial charge in [-0.2, -0.15) is 13.2 Å². The molecule has 1 aliphatic carbocycles. The van der Waals surface area contributed by atoms with Gasteiger partial charge >= 0.3 is 12.2 Å². The number of alkyl halides is 3. The van der Waals surface area contributed by atoms with E-state index in [1.165, 1.54) is 11.9 Å². The Morgan fingerprint density at radius 2 is 2.20 bits per heavy atom. The molecule has 0 bridgehead atoms. The summed E-state index contributed by atoms with van der Waals surface area (Å²) < 4.78 is 37.0. The van der Waals surface area contributed by atoms with Crippen LogP contribution in [0.4, 0.5) is 23.1 Å². The molecule has 6 nitrogen and oxygen atoms in total. The molecule has 1 atom stereocenters. The average Bonchev–Trinajstić information content (AvgIpc) is 3.08. The lowest BCUT2D eigenvalue weighted by molar-refractivity contribution is -0.138. The van der Waals surface area contributed by atoms with Gasteiger partial charge in [-0.15, -0.1) is 10.2 Å². The maximum absolute atomic E-state index is 12.3. The predicted molar refractivity (Wildman–Crippen MR) is 65.3 cm³/mol. The van der Waals surface area contributed by atoms with E-state index in [2.05, 4.69) is 15.5 Å². The van der Waals surface area contributed by atoms with Crippen molar-refractivity contribution < 1.29 is 23.1 Å². The fourth-order valence-corrected chi connectivity index (χ4v) is 2.17. The van der Waals surface area contributed by atoms with Crippen LogP contribution in [0.5, 0.6) is 0 Å². The molecular weight excluding hydrogens is 297 g/mol. The summed E-state index contributed by atoms with van der Waals surface area (Å²) in [5, 5.41) is 16.8. The van der Waals surface area contributed by atoms with Crippen molar-refractivity contribution in [1.82, 2.24) is 15.1 Å². The van der Waals surface area contributed by atoms with Crippen molar-refractivity contribution in [3.05, 3.63) is 5.01 Å². The first-order valence-electron chi connectivity index (χ1n) is 5.88. The third-order valence-electron chi connectivity index (χ3n) is 2.86. The first-order chi connectivity index (χ1) is 9.27. The molecule has 1 heterocycles. The van der Waals surface area contributed by atoms with Crippen LogP contribution in [0.25, 0.3) is 0 Å². The number of anilines is 1. The van der Waals surface area contributed by atoms with E-state index >= 15 is 0 Å². The Morgan fingerprint density at radius 3 is 2.70 bits per heavy atom. The smallest absolute Gasteiger partial charge is 0.391 e. The number of aliphatic hydroxyl groups excluding tert-OH is 1. The van der Waals surface area contributed by atoms with Crippen LogP contribution in [-0.2, 0) is 6.18 Å². The second-order valence-electron chi connectivity index (χ2n) is 4.63. The Morgan fingerprint density at radius 1 is 1.55 bits per heavy atom. The molecular formula is C10H13F3N4O2S. The van der Waals surface area contributed by atoms with Gasteiger partial charge in [-0.1, -0.05) is 11.3 Å². The van der Waals surface area contributed by atoms with Gasteiger partial charge in [0, 0.05) is 13.6 Å². The number of aromatic nitrogens is 2. The minimum Gasteiger partial charge on any atom is -0.391 e. The van der Waals surface area contributed by atoms with Gasteiger partial charge in [-0.3, -0.25) is 5.32 Å². The topological polar surface area (TPSA) is 78.4 Å². The first-order valence-corrected chi connectivity index (χ1v) is 6.70. The lowest BCUT2D eigenvalue weighted by Crippen LogP contribution is -2.37. The van der Waals surface area contributed by atoms with Gasteiger partial charge in [-0.05, 0) is 18.8 Å². The summed E-state index contributed by atoms with van der Waals surface area (Å²) in [6.45, 7) is 0.126. The number of carbonyl (C=O) groups excluding carboxylic acids is 1. The highest BCUT2D eigenvalue weighted by molar-refractivity contribution is 7.15. The number of hydrogen-bond donors (Lipinski definition) is 2. The van der Waals surface area contributed by atoms with E-state index in [9.17, 15) is 23.1 Å². The van der Waals surface area contributed by atoms with Crippen LogP contribution in [0.3, 0.4) is 0 Å². The number of urea groups is 1. The Bertz CT molecular complexity index is 489. The monoisotopic (exact) mass is 310 g/mol. The molecule has 112 valence electrons. The van der Waals surface area contributed by atoms with Gasteiger partial charge in [0.2, 0.25) is 10.1 Å². The van der Waals surface area contributed by atoms with E-state index in [-0.39, 0.29) is 28.9 Å². The summed E-state index contributed by atoms with van der Waals surface area (Å²) in [4.78, 5) is 12.9. The number of likely N-dealkylation sites (N-methyl/N-ethyl adjacent to an activating group) is 1. The highest BCUT2D eigenvalue weighted by Crippen LogP contribution is 2.34. The zero-order valence-corrected chi connectivity index (χ0v) is 11.3. The van der Waals surface area contributed by atoms with Crippen molar-refractivity contribution >= 4 is 22.5 Å². The Hall–Kier alpha value is -1.42. The van der Waals surface area contributed by atoms with Gasteiger partial charge < -0.3 is 10.0 Å². The summed E-state index contributed by atoms with van der Waals surface area (Å²) in [5.74, 6) is 0.212. The number of rotatable bonds is 4. The number of nitrogens with zero attached hydrogens (tertiary/aromatic N) is 3. The molecule has 0 radical (unpaired) electrons. The molecule has 1 fully saturated rings. The minimum atomic E-state index is -4.57. The van der Waals surface area contributed by atoms with Crippen molar-refractivity contribution in [3.8, 4) is 0 Å². The number of nitrogens with one attached hydrogen (secondary N) is 1. The second-order valence-corrected chi connectivity index (χ2v) is 5.60. The lowest BCUT2D eigenvalue weighted by atomic mass is 10.2. The number of halogens is 3. The van der Waals surface area contributed by atoms with Crippen molar-refractivity contribution in [3.63, 3.8) is 0 Å². The Labute approximate surface area is 116 Å². The predicted octanol–water partition coefficient (Wildman–Crippen LogP) is 1.79. The summed E-state index contributed by atoms with van der Waals surface area (Å²) in [6.07, 6.45) is -3.32. The Kier molecular flexibility index (Phi) is 4.14. The van der Waals surface area contributed by atoms with Gasteiger partial charge in [-0.25, -0.2) is 4.79 Å². The van der Waals surface area contributed by atoms with E-state index < -0.39 is 23.3 Å². The Balaban J connectivity index is 1.88. The summed E-state index contributed by atoms with van der Waals surface area (Å²) in [7, 11) is 1.45. The van der Waals surface area contributed by atoms with Crippen LogP contribution in [0.2, 0.25) is 0 Å². The van der Waals surface area contributed by atoms with E-state index in [1.54, 1.807) is 0 Å². The number of aliphatic hydroxyl groups is 1. The molecule has 2 N–H and O–H groups in total. The fraction of sp³-hybridized carbons (Fsp3) is 0.700. The molecule has 0 spiro atoms. The van der Waals surface area contributed by atoms with E-state index in [0.29, 0.717) is 0 Å². The van der Waals surface area contributed by atoms with Gasteiger partial charge in [0.25, 0.3) is 0 Å². The maximum Gasteiger partial charge on any atom is 0.445 e. The van der Waals surface area contributed by atoms with Gasteiger partial charge in [0.1, 0.15) is 0 Å². The second kappa shape index (κ2) is 5.52. The zero-order valence-electron chi connectivity index (χ0n) is 10.5.